The average molecular weight is 484 g/mol. The maximum absolute atomic E-state index is 13.3. The molecule has 2 unspecified atom stereocenters. The van der Waals surface area contributed by atoms with E-state index in [0.29, 0.717) is 23.6 Å². The standard InChI is InChI=1S/C24H33N7O2S/c1-13-18(8-9-25-13)28-24-30-27-12-31(24)16-6-7-19-17(10-16)20(22(33)26-11-14-2-3-14)23(34-19)29-21(32)15-4-5-15/h12-16,18,25H,2-11H2,1H3,(H,26,33)(H,28,30)(H,29,32)/t13?,16-,18?/m0/s1. The van der Waals surface area contributed by atoms with Crippen LogP contribution in [0.5, 0.6) is 0 Å². The summed E-state index contributed by atoms with van der Waals surface area (Å²) in [5, 5.41) is 22.6. The van der Waals surface area contributed by atoms with Crippen molar-refractivity contribution in [3.63, 3.8) is 0 Å². The summed E-state index contributed by atoms with van der Waals surface area (Å²) in [6.45, 7) is 3.91. The summed E-state index contributed by atoms with van der Waals surface area (Å²) in [7, 11) is 0. The Balaban J connectivity index is 1.25. The molecule has 0 radical (unpaired) electrons. The van der Waals surface area contributed by atoms with Gasteiger partial charge in [-0.25, -0.2) is 0 Å². The first-order valence-corrected chi connectivity index (χ1v) is 13.5. The average Bonchev–Trinajstić information content (AvgIpc) is 3.73. The number of rotatable bonds is 8. The molecule has 0 aromatic carbocycles. The molecule has 4 aliphatic rings. The van der Waals surface area contributed by atoms with Gasteiger partial charge in [-0.1, -0.05) is 0 Å². The summed E-state index contributed by atoms with van der Waals surface area (Å²) in [6, 6.07) is 0.891. The van der Waals surface area contributed by atoms with Gasteiger partial charge in [-0.3, -0.25) is 14.2 Å². The molecule has 3 fully saturated rings. The predicted octanol–water partition coefficient (Wildman–Crippen LogP) is 2.72. The molecule has 1 saturated heterocycles. The fourth-order valence-corrected chi connectivity index (χ4v) is 6.42. The van der Waals surface area contributed by atoms with Gasteiger partial charge in [0.25, 0.3) is 5.91 Å². The van der Waals surface area contributed by atoms with Crippen molar-refractivity contribution in [1.82, 2.24) is 25.4 Å². The lowest BCUT2D eigenvalue weighted by Crippen LogP contribution is -2.34. The van der Waals surface area contributed by atoms with Gasteiger partial charge >= 0.3 is 0 Å². The number of aromatic nitrogens is 3. The van der Waals surface area contributed by atoms with Crippen LogP contribution in [0.15, 0.2) is 6.33 Å². The maximum atomic E-state index is 13.3. The second kappa shape index (κ2) is 8.96. The van der Waals surface area contributed by atoms with Gasteiger partial charge < -0.3 is 21.3 Å². The van der Waals surface area contributed by atoms with Gasteiger partial charge in [0.15, 0.2) is 0 Å². The van der Waals surface area contributed by atoms with E-state index in [1.165, 1.54) is 17.7 Å². The van der Waals surface area contributed by atoms with Crippen molar-refractivity contribution < 1.29 is 9.59 Å². The van der Waals surface area contributed by atoms with Crippen LogP contribution in [0.3, 0.4) is 0 Å². The number of anilines is 2. The van der Waals surface area contributed by atoms with Crippen LogP contribution in [-0.2, 0) is 17.6 Å². The second-order valence-corrected chi connectivity index (χ2v) is 11.5. The molecule has 4 N–H and O–H groups in total. The van der Waals surface area contributed by atoms with Crippen LogP contribution >= 0.6 is 11.3 Å². The third-order valence-corrected chi connectivity index (χ3v) is 8.91. The number of aryl methyl sites for hydroxylation is 1. The first kappa shape index (κ1) is 22.0. The summed E-state index contributed by atoms with van der Waals surface area (Å²) in [5.74, 6) is 1.51. The van der Waals surface area contributed by atoms with Crippen LogP contribution in [0, 0.1) is 11.8 Å². The van der Waals surface area contributed by atoms with E-state index >= 15 is 0 Å². The Bertz CT molecular complexity index is 1090. The zero-order valence-electron chi connectivity index (χ0n) is 19.6. The monoisotopic (exact) mass is 483 g/mol. The lowest BCUT2D eigenvalue weighted by Gasteiger charge is -2.26. The van der Waals surface area contributed by atoms with E-state index < -0.39 is 0 Å². The molecule has 3 atom stereocenters. The van der Waals surface area contributed by atoms with Crippen molar-refractivity contribution in [1.29, 1.82) is 0 Å². The summed E-state index contributed by atoms with van der Waals surface area (Å²) in [5.41, 5.74) is 1.76. The summed E-state index contributed by atoms with van der Waals surface area (Å²) in [6.07, 6.45) is 9.71. The molecule has 3 heterocycles. The highest BCUT2D eigenvalue weighted by molar-refractivity contribution is 7.17. The Hall–Kier alpha value is -2.46. The Morgan fingerprint density at radius 1 is 1.21 bits per heavy atom. The second-order valence-electron chi connectivity index (χ2n) is 10.4. The van der Waals surface area contributed by atoms with E-state index in [2.05, 4.69) is 43.0 Å². The van der Waals surface area contributed by atoms with Crippen molar-refractivity contribution >= 4 is 34.1 Å². The molecule has 9 nitrogen and oxygen atoms in total. The van der Waals surface area contributed by atoms with E-state index in [1.54, 1.807) is 17.7 Å². The number of hydrogen-bond acceptors (Lipinski definition) is 7. The zero-order valence-corrected chi connectivity index (χ0v) is 20.4. The maximum Gasteiger partial charge on any atom is 0.254 e. The number of carbonyl (C=O) groups is 2. The van der Waals surface area contributed by atoms with Crippen LogP contribution in [-0.4, -0.2) is 51.8 Å². The Morgan fingerprint density at radius 3 is 2.79 bits per heavy atom. The first-order chi connectivity index (χ1) is 16.6. The Labute approximate surface area is 203 Å². The quantitative estimate of drug-likeness (QED) is 0.459. The zero-order chi connectivity index (χ0) is 23.2. The van der Waals surface area contributed by atoms with E-state index in [0.717, 1.165) is 68.1 Å². The normalized spacial score (nSPS) is 26.2. The van der Waals surface area contributed by atoms with Crippen LogP contribution in [0.1, 0.15) is 72.3 Å². The molecule has 2 saturated carbocycles. The lowest BCUT2D eigenvalue weighted by atomic mass is 9.91. The molecule has 0 bridgehead atoms. The van der Waals surface area contributed by atoms with Crippen LogP contribution < -0.4 is 21.3 Å². The molecule has 2 amide bonds. The smallest absolute Gasteiger partial charge is 0.254 e. The van der Waals surface area contributed by atoms with Crippen molar-refractivity contribution in [3.05, 3.63) is 22.3 Å². The van der Waals surface area contributed by atoms with Gasteiger partial charge in [-0.15, -0.1) is 21.5 Å². The molecule has 6 rings (SSSR count). The summed E-state index contributed by atoms with van der Waals surface area (Å²) in [4.78, 5) is 27.1. The van der Waals surface area contributed by atoms with E-state index in [-0.39, 0.29) is 23.8 Å². The minimum absolute atomic E-state index is 0.0518. The molecule has 0 spiro atoms. The molecule has 3 aliphatic carbocycles. The SMILES string of the molecule is CC1NCCC1Nc1nncn1[C@H]1CCc2sc(NC(=O)C3CC3)c(C(=O)NCC3CC3)c2C1. The first-order valence-electron chi connectivity index (χ1n) is 12.7. The van der Waals surface area contributed by atoms with Gasteiger partial charge in [0.05, 0.1) is 5.56 Å². The van der Waals surface area contributed by atoms with Gasteiger partial charge in [0.2, 0.25) is 11.9 Å². The number of fused-ring (bicyclic) bond motifs is 1. The van der Waals surface area contributed by atoms with Crippen molar-refractivity contribution in [3.8, 4) is 0 Å². The number of amides is 2. The van der Waals surface area contributed by atoms with Gasteiger partial charge in [0.1, 0.15) is 11.3 Å². The molecule has 1 aliphatic heterocycles. The molecule has 182 valence electrons. The minimum Gasteiger partial charge on any atom is -0.352 e. The van der Waals surface area contributed by atoms with Crippen molar-refractivity contribution in [2.75, 3.05) is 23.7 Å². The number of thiophene rings is 1. The largest absolute Gasteiger partial charge is 0.352 e. The van der Waals surface area contributed by atoms with E-state index in [1.807, 2.05) is 0 Å². The molecule has 2 aromatic rings. The highest BCUT2D eigenvalue weighted by Gasteiger charge is 2.35. The fourth-order valence-electron chi connectivity index (χ4n) is 5.17. The molecule has 10 heteroatoms. The molecule has 34 heavy (non-hydrogen) atoms. The lowest BCUT2D eigenvalue weighted by molar-refractivity contribution is -0.117. The van der Waals surface area contributed by atoms with Gasteiger partial charge in [-0.2, -0.15) is 0 Å². The van der Waals surface area contributed by atoms with Gasteiger partial charge in [0, 0.05) is 35.5 Å². The minimum atomic E-state index is -0.0518. The van der Waals surface area contributed by atoms with Crippen LogP contribution in [0.25, 0.3) is 0 Å². The highest BCUT2D eigenvalue weighted by Crippen LogP contribution is 2.42. The third kappa shape index (κ3) is 4.45. The summed E-state index contributed by atoms with van der Waals surface area (Å²) < 4.78 is 2.14. The molecular weight excluding hydrogens is 450 g/mol. The van der Waals surface area contributed by atoms with E-state index in [4.69, 9.17) is 0 Å². The summed E-state index contributed by atoms with van der Waals surface area (Å²) >= 11 is 1.59. The van der Waals surface area contributed by atoms with Crippen LogP contribution in [0.4, 0.5) is 10.9 Å². The van der Waals surface area contributed by atoms with Crippen LogP contribution in [0.2, 0.25) is 0 Å². The highest BCUT2D eigenvalue weighted by atomic mass is 32.1. The number of hydrogen-bond donors (Lipinski definition) is 4. The predicted molar refractivity (Wildman–Crippen MR) is 131 cm³/mol. The van der Waals surface area contributed by atoms with Crippen molar-refractivity contribution in [2.45, 2.75) is 76.4 Å². The van der Waals surface area contributed by atoms with Crippen molar-refractivity contribution in [2.24, 2.45) is 11.8 Å². The van der Waals surface area contributed by atoms with Gasteiger partial charge in [-0.05, 0) is 76.3 Å². The third-order valence-electron chi connectivity index (χ3n) is 7.70. The topological polar surface area (TPSA) is 113 Å². The number of nitrogens with one attached hydrogen (secondary N) is 4. The molecule has 2 aromatic heterocycles. The number of carbonyl (C=O) groups excluding carboxylic acids is 2. The Kier molecular flexibility index (Phi) is 5.81. The fraction of sp³-hybridized carbons (Fsp3) is 0.667. The van der Waals surface area contributed by atoms with E-state index in [9.17, 15) is 9.59 Å². The number of nitrogens with zero attached hydrogens (tertiary/aromatic N) is 3. The Morgan fingerprint density at radius 2 is 2.06 bits per heavy atom. The molecular formula is C24H33N7O2S.